The van der Waals surface area contributed by atoms with Crippen molar-refractivity contribution in [2.75, 3.05) is 0 Å². The Labute approximate surface area is 139 Å². The lowest BCUT2D eigenvalue weighted by Gasteiger charge is -2.12. The first-order valence-corrected chi connectivity index (χ1v) is 7.34. The molecule has 0 aliphatic carbocycles. The third-order valence-corrected chi connectivity index (χ3v) is 5.17. The maximum atomic E-state index is 6.24. The van der Waals surface area contributed by atoms with Crippen LogP contribution in [0.5, 0.6) is 0 Å². The number of nitrogens with zero attached hydrogens (tertiary/aromatic N) is 1. The minimum atomic E-state index is 0.140. The molecule has 102 valence electrons. The summed E-state index contributed by atoms with van der Waals surface area (Å²) >= 11 is 30.6. The largest absolute Gasteiger partial charge is 0.360 e. The monoisotopic (exact) mass is 364 g/mol. The van der Waals surface area contributed by atoms with Crippen LogP contribution in [0.15, 0.2) is 24.5 Å². The SMILES string of the molecule is Clc1c(Cl)c(Cl)c(-c2cnc3cc[nH]c3c2)c(Cl)c1Cl. The average Bonchev–Trinajstić information content (AvgIpc) is 2.91. The number of aromatic nitrogens is 2. The molecule has 0 radical (unpaired) electrons. The fourth-order valence-electron chi connectivity index (χ4n) is 1.93. The summed E-state index contributed by atoms with van der Waals surface area (Å²) < 4.78 is 0. The number of benzene rings is 1. The number of rotatable bonds is 1. The van der Waals surface area contributed by atoms with Crippen molar-refractivity contribution in [2.24, 2.45) is 0 Å². The van der Waals surface area contributed by atoms with Crippen molar-refractivity contribution >= 4 is 69.0 Å². The predicted molar refractivity (Wildman–Crippen MR) is 86.6 cm³/mol. The molecular formula is C13H5Cl5N2. The molecule has 20 heavy (non-hydrogen) atoms. The van der Waals surface area contributed by atoms with Gasteiger partial charge >= 0.3 is 0 Å². The van der Waals surface area contributed by atoms with Crippen LogP contribution in [0.1, 0.15) is 0 Å². The highest BCUT2D eigenvalue weighted by Crippen LogP contribution is 2.48. The van der Waals surface area contributed by atoms with E-state index in [1.165, 1.54) is 0 Å². The van der Waals surface area contributed by atoms with E-state index in [2.05, 4.69) is 9.97 Å². The minimum absolute atomic E-state index is 0.140. The highest BCUT2D eigenvalue weighted by molar-refractivity contribution is 6.56. The van der Waals surface area contributed by atoms with Crippen LogP contribution in [-0.4, -0.2) is 9.97 Å². The first kappa shape index (κ1) is 14.3. The number of hydrogen-bond acceptors (Lipinski definition) is 1. The summed E-state index contributed by atoms with van der Waals surface area (Å²) in [6.45, 7) is 0. The van der Waals surface area contributed by atoms with Crippen LogP contribution >= 0.6 is 58.0 Å². The maximum absolute atomic E-state index is 6.24. The summed E-state index contributed by atoms with van der Waals surface area (Å²) in [7, 11) is 0. The quantitative estimate of drug-likeness (QED) is 0.387. The minimum Gasteiger partial charge on any atom is -0.360 e. The molecular weight excluding hydrogens is 361 g/mol. The topological polar surface area (TPSA) is 28.7 Å². The lowest BCUT2D eigenvalue weighted by atomic mass is 10.1. The highest BCUT2D eigenvalue weighted by Gasteiger charge is 2.20. The number of aromatic amines is 1. The van der Waals surface area contributed by atoms with Crippen LogP contribution in [0.3, 0.4) is 0 Å². The fraction of sp³-hybridized carbons (Fsp3) is 0. The van der Waals surface area contributed by atoms with Crippen molar-refractivity contribution in [3.63, 3.8) is 0 Å². The molecule has 0 aliphatic heterocycles. The van der Waals surface area contributed by atoms with Crippen LogP contribution in [-0.2, 0) is 0 Å². The molecule has 2 heterocycles. The van der Waals surface area contributed by atoms with Gasteiger partial charge in [-0.2, -0.15) is 0 Å². The van der Waals surface area contributed by atoms with Gasteiger partial charge in [0.1, 0.15) is 0 Å². The number of pyridine rings is 1. The summed E-state index contributed by atoms with van der Waals surface area (Å²) in [5, 5.41) is 0.979. The smallest absolute Gasteiger partial charge is 0.0879 e. The molecule has 0 spiro atoms. The molecule has 0 aliphatic rings. The van der Waals surface area contributed by atoms with Crippen molar-refractivity contribution in [1.82, 2.24) is 9.97 Å². The summed E-state index contributed by atoms with van der Waals surface area (Å²) in [5.41, 5.74) is 2.91. The summed E-state index contributed by atoms with van der Waals surface area (Å²) in [5.74, 6) is 0. The van der Waals surface area contributed by atoms with Crippen molar-refractivity contribution in [3.05, 3.63) is 49.6 Å². The summed E-state index contributed by atoms with van der Waals surface area (Å²) in [6, 6.07) is 3.74. The van der Waals surface area contributed by atoms with Crippen LogP contribution < -0.4 is 0 Å². The van der Waals surface area contributed by atoms with Crippen molar-refractivity contribution in [2.45, 2.75) is 0 Å². The van der Waals surface area contributed by atoms with Crippen LogP contribution in [0.2, 0.25) is 25.1 Å². The van der Waals surface area contributed by atoms with Gasteiger partial charge in [0, 0.05) is 23.5 Å². The third kappa shape index (κ3) is 2.16. The lowest BCUT2D eigenvalue weighted by molar-refractivity contribution is 1.40. The van der Waals surface area contributed by atoms with Gasteiger partial charge in [-0.15, -0.1) is 0 Å². The predicted octanol–water partition coefficient (Wildman–Crippen LogP) is 6.50. The van der Waals surface area contributed by atoms with E-state index in [0.29, 0.717) is 11.1 Å². The molecule has 0 amide bonds. The fourth-order valence-corrected chi connectivity index (χ4v) is 3.29. The van der Waals surface area contributed by atoms with E-state index in [4.69, 9.17) is 58.0 Å². The maximum Gasteiger partial charge on any atom is 0.0879 e. The zero-order chi connectivity index (χ0) is 14.4. The van der Waals surface area contributed by atoms with Crippen LogP contribution in [0.4, 0.5) is 0 Å². The highest BCUT2D eigenvalue weighted by atomic mass is 35.5. The number of fused-ring (bicyclic) bond motifs is 1. The number of halogens is 5. The standard InChI is InChI=1S/C13H5Cl5N2/c14-9-8(10(15)12(17)13(18)11(9)16)5-3-7-6(20-4-5)1-2-19-7/h1-4,19H. The van der Waals surface area contributed by atoms with E-state index in [1.807, 2.05) is 12.1 Å². The van der Waals surface area contributed by atoms with Gasteiger partial charge in [0.25, 0.3) is 0 Å². The molecule has 0 bridgehead atoms. The Balaban J connectivity index is 2.33. The number of nitrogens with one attached hydrogen (secondary N) is 1. The van der Waals surface area contributed by atoms with Gasteiger partial charge in [-0.25, -0.2) is 0 Å². The normalized spacial score (nSPS) is 11.2. The van der Waals surface area contributed by atoms with Crippen molar-refractivity contribution in [1.29, 1.82) is 0 Å². The molecule has 2 aromatic heterocycles. The Hall–Kier alpha value is -0.640. The molecule has 0 unspecified atom stereocenters. The van der Waals surface area contributed by atoms with Gasteiger partial charge in [-0.1, -0.05) is 58.0 Å². The molecule has 3 aromatic rings. The van der Waals surface area contributed by atoms with E-state index in [0.717, 1.165) is 11.0 Å². The van der Waals surface area contributed by atoms with E-state index in [-0.39, 0.29) is 25.1 Å². The Kier molecular flexibility index (Phi) is 3.78. The van der Waals surface area contributed by atoms with Gasteiger partial charge in [0.15, 0.2) is 0 Å². The van der Waals surface area contributed by atoms with Crippen molar-refractivity contribution < 1.29 is 0 Å². The van der Waals surface area contributed by atoms with Gasteiger partial charge in [-0.05, 0) is 12.1 Å². The zero-order valence-corrected chi connectivity index (χ0v) is 13.4. The van der Waals surface area contributed by atoms with Gasteiger partial charge in [-0.3, -0.25) is 4.98 Å². The van der Waals surface area contributed by atoms with E-state index in [9.17, 15) is 0 Å². The second-order valence-corrected chi connectivity index (χ2v) is 5.97. The number of hydrogen-bond donors (Lipinski definition) is 1. The number of H-pyrrole nitrogens is 1. The molecule has 0 saturated heterocycles. The Bertz CT molecular complexity index is 796. The second-order valence-electron chi connectivity index (χ2n) is 4.08. The Morgan fingerprint density at radius 3 is 2.10 bits per heavy atom. The lowest BCUT2D eigenvalue weighted by Crippen LogP contribution is -1.88. The zero-order valence-electron chi connectivity index (χ0n) is 9.65. The molecule has 0 saturated carbocycles. The first-order valence-electron chi connectivity index (χ1n) is 5.45. The molecule has 0 fully saturated rings. The average molecular weight is 366 g/mol. The van der Waals surface area contributed by atoms with E-state index in [1.54, 1.807) is 12.4 Å². The van der Waals surface area contributed by atoms with E-state index >= 15 is 0 Å². The molecule has 3 rings (SSSR count). The Morgan fingerprint density at radius 2 is 1.45 bits per heavy atom. The second kappa shape index (κ2) is 5.28. The third-order valence-electron chi connectivity index (χ3n) is 2.90. The Morgan fingerprint density at radius 1 is 0.850 bits per heavy atom. The van der Waals surface area contributed by atoms with Crippen molar-refractivity contribution in [3.8, 4) is 11.1 Å². The van der Waals surface area contributed by atoms with Gasteiger partial charge in [0.2, 0.25) is 0 Å². The van der Waals surface area contributed by atoms with Gasteiger partial charge < -0.3 is 4.98 Å². The first-order chi connectivity index (χ1) is 9.50. The molecule has 7 heteroatoms. The molecule has 2 nitrogen and oxygen atoms in total. The van der Waals surface area contributed by atoms with Crippen LogP contribution in [0.25, 0.3) is 22.2 Å². The summed E-state index contributed by atoms with van der Waals surface area (Å²) in [6.07, 6.45) is 3.45. The summed E-state index contributed by atoms with van der Waals surface area (Å²) in [4.78, 5) is 7.38. The van der Waals surface area contributed by atoms with Crippen LogP contribution in [0, 0.1) is 0 Å². The molecule has 1 aromatic carbocycles. The molecule has 1 N–H and O–H groups in total. The van der Waals surface area contributed by atoms with Gasteiger partial charge in [0.05, 0.1) is 36.1 Å². The van der Waals surface area contributed by atoms with E-state index < -0.39 is 0 Å². The molecule has 0 atom stereocenters.